The van der Waals surface area contributed by atoms with E-state index in [1.807, 2.05) is 0 Å². The molecule has 87 heavy (non-hydrogen) atoms. The molecule has 0 saturated carbocycles. The highest BCUT2D eigenvalue weighted by atomic mass is 16.8. The second-order valence-electron chi connectivity index (χ2n) is 21.8. The van der Waals surface area contributed by atoms with Crippen LogP contribution < -0.4 is 16.0 Å². The molecule has 0 radical (unpaired) electrons. The number of carbonyl (C=O) groups excluding carboxylic acids is 3. The van der Waals surface area contributed by atoms with E-state index in [2.05, 4.69) is 16.0 Å². The number of aliphatic hydroxyl groups excluding tert-OH is 20. The molecule has 504 valence electrons. The van der Waals surface area contributed by atoms with Gasteiger partial charge in [0.15, 0.2) is 44.0 Å². The number of aliphatic hydroxyl groups is 20. The first-order chi connectivity index (χ1) is 41.2. The summed E-state index contributed by atoms with van der Waals surface area (Å²) in [6.07, 6.45) is -63.8. The molecule has 0 aromatic rings. The number of hydrogen-bond donors (Lipinski definition) is 23. The molecule has 35 atom stereocenters. The summed E-state index contributed by atoms with van der Waals surface area (Å²) in [5.74, 6) is -2.60. The third-order valence-electron chi connectivity index (χ3n) is 15.8. The fourth-order valence-corrected chi connectivity index (χ4v) is 11.2. The third-order valence-corrected chi connectivity index (χ3v) is 15.8. The van der Waals surface area contributed by atoms with Crippen LogP contribution in [0.15, 0.2) is 0 Å². The lowest BCUT2D eigenvalue weighted by atomic mass is 9.93. The number of carbonyl (C=O) groups is 3. The highest BCUT2D eigenvalue weighted by molar-refractivity contribution is 5.74. The van der Waals surface area contributed by atoms with Crippen LogP contribution in [-0.2, 0) is 76.0 Å². The van der Waals surface area contributed by atoms with Gasteiger partial charge >= 0.3 is 0 Å². The summed E-state index contributed by atoms with van der Waals surface area (Å²) in [4.78, 5) is 37.7. The fourth-order valence-electron chi connectivity index (χ4n) is 11.2. The summed E-state index contributed by atoms with van der Waals surface area (Å²) in [5.41, 5.74) is 0. The Kier molecular flexibility index (Phi) is 25.6. The molecule has 39 heteroatoms. The standard InChI is InChI=1S/C48H81N3O36/c1-11(59)49-21-27(65)36(17(7-55)75-42(21)74)85-47-35(73)40(26(64)16(6-54)78-47)86-48-41(87-44-23(51-13(3)61)29(67)38(19(9-57)80-44)84-46-33(71)31(69)25(63)15(5-53)77-46)34(72)39(20(10-58)81-48)82-43-22(50-12(2)60)28(66)37(18(8-56)79-43)83-45-32(70)30(68)24(62)14(4-52)76-45/h14-48,52-58,62-74H,4-10H2,1-3H3,(H,49,59)(H,50,60)(H,51,61)/t14-,15-,16-,17-,18-,19-,20-,21-,22-,23-,24+,25+,26-,27-,28-,29-,30+,31+,32-,33-,34+,35+,36-,37-,38-,39-,40+,41+,42-,43+,44+,45+,46+,47+,48-/m1/s1. The number of hydrogen-bond acceptors (Lipinski definition) is 36. The molecule has 0 aromatic carbocycles. The predicted octanol–water partition coefficient (Wildman–Crippen LogP) is -15.8. The Morgan fingerprint density at radius 3 is 0.931 bits per heavy atom. The smallest absolute Gasteiger partial charge is 0.217 e. The van der Waals surface area contributed by atoms with Crippen LogP contribution in [0.3, 0.4) is 0 Å². The Morgan fingerprint density at radius 2 is 0.552 bits per heavy atom. The molecule has 7 heterocycles. The zero-order valence-electron chi connectivity index (χ0n) is 46.6. The summed E-state index contributed by atoms with van der Waals surface area (Å²) >= 11 is 0. The number of rotatable bonds is 22. The van der Waals surface area contributed by atoms with Crippen LogP contribution in [0, 0.1) is 0 Å². The van der Waals surface area contributed by atoms with Crippen molar-refractivity contribution in [3.05, 3.63) is 0 Å². The van der Waals surface area contributed by atoms with Gasteiger partial charge in [0, 0.05) is 20.8 Å². The molecule has 39 nitrogen and oxygen atoms in total. The average Bonchev–Trinajstić information content (AvgIpc) is 1.41. The summed E-state index contributed by atoms with van der Waals surface area (Å²) < 4.78 is 76.0. The molecular formula is C48H81N3O36. The maximum Gasteiger partial charge on any atom is 0.217 e. The van der Waals surface area contributed by atoms with Crippen molar-refractivity contribution in [2.45, 2.75) is 236 Å². The van der Waals surface area contributed by atoms with E-state index in [0.29, 0.717) is 0 Å². The van der Waals surface area contributed by atoms with Crippen LogP contribution in [0.5, 0.6) is 0 Å². The Hall–Kier alpha value is -2.91. The minimum atomic E-state index is -2.42. The minimum Gasteiger partial charge on any atom is -0.394 e. The van der Waals surface area contributed by atoms with Crippen molar-refractivity contribution < 1.29 is 178 Å². The van der Waals surface area contributed by atoms with E-state index in [4.69, 9.17) is 61.6 Å². The second-order valence-corrected chi connectivity index (χ2v) is 21.8. The fraction of sp³-hybridized carbons (Fsp3) is 0.938. The molecular weight excluding hydrogens is 1190 g/mol. The Bertz CT molecular complexity index is 2190. The first kappa shape index (κ1) is 71.5. The SMILES string of the molecule is CC(=O)N[C@@H]1[C@@H](O)[C@H](O[C@@H]2O[C@H](CO)[C@@H](O)[C@H](O[C@H]3O[C@H](CO)[C@@H](O[C@@H]4O[C@H](CO)[C@@H](O[C@@H]5O[C@H](CO)[C@H](O)[C@H](O)[C@H]5O)[C@H](O)[C@H]4NC(C)=O)[C@H](O)[C@@H]3O[C@@H]3O[C@H](CO)[C@@H](O[C@@H]4O[C@H](CO)[C@H](O)[C@H](O)[C@H]4O)[C@H](O)[C@H]3NC(C)=O)[C@@H]2O)[C@@H](CO)O[C@H]1O. The maximum atomic E-state index is 12.9. The maximum absolute atomic E-state index is 12.9. The van der Waals surface area contributed by atoms with E-state index in [1.54, 1.807) is 0 Å². The highest BCUT2D eigenvalue weighted by Crippen LogP contribution is 2.39. The molecule has 7 aliphatic rings. The van der Waals surface area contributed by atoms with Crippen LogP contribution in [0.1, 0.15) is 20.8 Å². The van der Waals surface area contributed by atoms with Gasteiger partial charge in [-0.1, -0.05) is 0 Å². The molecule has 3 amide bonds. The van der Waals surface area contributed by atoms with Crippen molar-refractivity contribution in [3.8, 4) is 0 Å². The zero-order valence-corrected chi connectivity index (χ0v) is 46.6. The van der Waals surface area contributed by atoms with Crippen molar-refractivity contribution in [1.82, 2.24) is 16.0 Å². The van der Waals surface area contributed by atoms with Crippen molar-refractivity contribution in [3.63, 3.8) is 0 Å². The van der Waals surface area contributed by atoms with Crippen molar-refractivity contribution in [1.29, 1.82) is 0 Å². The van der Waals surface area contributed by atoms with E-state index in [0.717, 1.165) is 20.8 Å². The summed E-state index contributed by atoms with van der Waals surface area (Å²) in [6.45, 7) is -4.35. The predicted molar refractivity (Wildman–Crippen MR) is 267 cm³/mol. The molecule has 7 saturated heterocycles. The molecule has 0 aromatic heterocycles. The number of amides is 3. The van der Waals surface area contributed by atoms with Gasteiger partial charge in [-0.25, -0.2) is 0 Å². The molecule has 7 rings (SSSR count). The van der Waals surface area contributed by atoms with Crippen molar-refractivity contribution in [2.75, 3.05) is 46.2 Å². The van der Waals surface area contributed by atoms with Gasteiger partial charge in [-0.3, -0.25) is 14.4 Å². The lowest BCUT2D eigenvalue weighted by Crippen LogP contribution is -2.71. The van der Waals surface area contributed by atoms with Gasteiger partial charge in [0.25, 0.3) is 0 Å². The van der Waals surface area contributed by atoms with Crippen LogP contribution in [0.2, 0.25) is 0 Å². The molecule has 23 N–H and O–H groups in total. The summed E-state index contributed by atoms with van der Waals surface area (Å²) in [6, 6.07) is -5.42. The molecule has 0 aliphatic carbocycles. The van der Waals surface area contributed by atoms with Crippen LogP contribution in [0.4, 0.5) is 0 Å². The first-order valence-electron chi connectivity index (χ1n) is 27.6. The van der Waals surface area contributed by atoms with E-state index < -0.39 is 279 Å². The molecule has 7 aliphatic heterocycles. The number of ether oxygens (including phenoxy) is 13. The Labute approximate surface area is 492 Å². The van der Waals surface area contributed by atoms with Crippen LogP contribution in [-0.4, -0.2) is 381 Å². The van der Waals surface area contributed by atoms with Gasteiger partial charge in [-0.2, -0.15) is 0 Å². The van der Waals surface area contributed by atoms with Crippen LogP contribution in [0.25, 0.3) is 0 Å². The topological polar surface area (TPSA) is 612 Å². The normalized spacial score (nSPS) is 48.9. The molecule has 7 fully saturated rings. The van der Waals surface area contributed by atoms with Crippen molar-refractivity contribution in [2.24, 2.45) is 0 Å². The summed E-state index contributed by atoms with van der Waals surface area (Å²) in [7, 11) is 0. The van der Waals surface area contributed by atoms with Gasteiger partial charge in [0.2, 0.25) is 17.7 Å². The van der Waals surface area contributed by atoms with Gasteiger partial charge in [0.1, 0.15) is 171 Å². The van der Waals surface area contributed by atoms with Gasteiger partial charge in [0.05, 0.1) is 46.2 Å². The van der Waals surface area contributed by atoms with E-state index in [9.17, 15) is 117 Å². The van der Waals surface area contributed by atoms with E-state index in [1.165, 1.54) is 0 Å². The quantitative estimate of drug-likeness (QED) is 0.0479. The third kappa shape index (κ3) is 15.6. The van der Waals surface area contributed by atoms with E-state index >= 15 is 0 Å². The Balaban J connectivity index is 1.24. The lowest BCUT2D eigenvalue weighted by Gasteiger charge is -2.52. The van der Waals surface area contributed by atoms with Crippen LogP contribution >= 0.6 is 0 Å². The first-order valence-corrected chi connectivity index (χ1v) is 27.6. The average molecular weight is 1280 g/mol. The summed E-state index contributed by atoms with van der Waals surface area (Å²) in [5, 5.41) is 225. The minimum absolute atomic E-state index is 0.766. The molecule has 0 spiro atoms. The number of nitrogens with one attached hydrogen (secondary N) is 3. The monoisotopic (exact) mass is 1280 g/mol. The van der Waals surface area contributed by atoms with Crippen molar-refractivity contribution >= 4 is 17.7 Å². The van der Waals surface area contributed by atoms with Gasteiger partial charge in [-0.15, -0.1) is 0 Å². The molecule has 0 unspecified atom stereocenters. The van der Waals surface area contributed by atoms with E-state index in [-0.39, 0.29) is 0 Å². The lowest BCUT2D eigenvalue weighted by molar-refractivity contribution is -0.404. The second kappa shape index (κ2) is 31.1. The zero-order chi connectivity index (χ0) is 64.2. The molecule has 0 bridgehead atoms. The largest absolute Gasteiger partial charge is 0.394 e. The highest BCUT2D eigenvalue weighted by Gasteiger charge is 2.60. The Morgan fingerprint density at radius 1 is 0.276 bits per heavy atom. The van der Waals surface area contributed by atoms with Gasteiger partial charge < -0.3 is 180 Å². The van der Waals surface area contributed by atoms with Gasteiger partial charge in [-0.05, 0) is 0 Å².